The predicted octanol–water partition coefficient (Wildman–Crippen LogP) is 1.27. The molecule has 0 radical (unpaired) electrons. The summed E-state index contributed by atoms with van der Waals surface area (Å²) in [4.78, 5) is 11.7. The SMILES string of the molecule is C#CCNC(=O)C(C)Oc1ccc([C@@H](C)O)cc1OC. The van der Waals surface area contributed by atoms with Crippen molar-refractivity contribution in [2.24, 2.45) is 0 Å². The standard InChI is InChI=1S/C15H19NO4/c1-5-8-16-15(18)11(3)20-13-7-6-12(10(2)17)9-14(13)19-4/h1,6-7,9-11,17H,8H2,2-4H3,(H,16,18)/t10-,11?/m1/s1. The molecule has 2 N–H and O–H groups in total. The third-order valence-electron chi connectivity index (χ3n) is 2.71. The van der Waals surface area contributed by atoms with Gasteiger partial charge in [-0.1, -0.05) is 12.0 Å². The number of carbonyl (C=O) groups excluding carboxylic acids is 1. The van der Waals surface area contributed by atoms with E-state index in [1.165, 1.54) is 7.11 Å². The van der Waals surface area contributed by atoms with E-state index < -0.39 is 12.2 Å². The fourth-order valence-electron chi connectivity index (χ4n) is 1.57. The zero-order valence-corrected chi connectivity index (χ0v) is 11.8. The zero-order valence-electron chi connectivity index (χ0n) is 11.8. The second kappa shape index (κ2) is 7.41. The van der Waals surface area contributed by atoms with E-state index in [1.54, 1.807) is 32.0 Å². The largest absolute Gasteiger partial charge is 0.493 e. The summed E-state index contributed by atoms with van der Waals surface area (Å²) in [5.74, 6) is 2.91. The molecule has 1 aromatic carbocycles. The molecule has 0 heterocycles. The number of nitrogens with one attached hydrogen (secondary N) is 1. The molecular formula is C15H19NO4. The van der Waals surface area contributed by atoms with Crippen molar-refractivity contribution in [1.82, 2.24) is 5.32 Å². The van der Waals surface area contributed by atoms with Crippen LogP contribution in [-0.2, 0) is 4.79 Å². The molecule has 0 aromatic heterocycles. The Labute approximate surface area is 118 Å². The van der Waals surface area contributed by atoms with Crippen LogP contribution in [0.2, 0.25) is 0 Å². The Morgan fingerprint density at radius 2 is 2.15 bits per heavy atom. The number of ether oxygens (including phenoxy) is 2. The van der Waals surface area contributed by atoms with Crippen LogP contribution in [0.3, 0.4) is 0 Å². The third kappa shape index (κ3) is 4.18. The first-order valence-corrected chi connectivity index (χ1v) is 6.23. The van der Waals surface area contributed by atoms with E-state index in [0.29, 0.717) is 17.1 Å². The Morgan fingerprint density at radius 3 is 2.70 bits per heavy atom. The summed E-state index contributed by atoms with van der Waals surface area (Å²) in [7, 11) is 1.50. The molecule has 20 heavy (non-hydrogen) atoms. The summed E-state index contributed by atoms with van der Waals surface area (Å²) in [6.07, 6.45) is 3.77. The molecule has 5 heteroatoms. The van der Waals surface area contributed by atoms with Crippen molar-refractivity contribution in [2.75, 3.05) is 13.7 Å². The number of amides is 1. The highest BCUT2D eigenvalue weighted by atomic mass is 16.5. The molecular weight excluding hydrogens is 258 g/mol. The van der Waals surface area contributed by atoms with Gasteiger partial charge in [0, 0.05) is 0 Å². The van der Waals surface area contributed by atoms with Crippen molar-refractivity contribution in [1.29, 1.82) is 0 Å². The van der Waals surface area contributed by atoms with E-state index in [4.69, 9.17) is 15.9 Å². The summed E-state index contributed by atoms with van der Waals surface area (Å²) in [5, 5.41) is 12.1. The molecule has 0 bridgehead atoms. The maximum Gasteiger partial charge on any atom is 0.261 e. The van der Waals surface area contributed by atoms with E-state index >= 15 is 0 Å². The van der Waals surface area contributed by atoms with Crippen LogP contribution >= 0.6 is 0 Å². The highest BCUT2D eigenvalue weighted by Crippen LogP contribution is 2.30. The van der Waals surface area contributed by atoms with Gasteiger partial charge in [-0.05, 0) is 31.5 Å². The number of methoxy groups -OCH3 is 1. The van der Waals surface area contributed by atoms with Crippen LogP contribution in [0, 0.1) is 12.3 Å². The van der Waals surface area contributed by atoms with Crippen molar-refractivity contribution in [3.63, 3.8) is 0 Å². The van der Waals surface area contributed by atoms with Gasteiger partial charge >= 0.3 is 0 Å². The van der Waals surface area contributed by atoms with Crippen molar-refractivity contribution in [3.05, 3.63) is 23.8 Å². The lowest BCUT2D eigenvalue weighted by Crippen LogP contribution is -2.36. The Morgan fingerprint density at radius 1 is 1.45 bits per heavy atom. The summed E-state index contributed by atoms with van der Waals surface area (Å²) in [6, 6.07) is 5.05. The maximum absolute atomic E-state index is 11.7. The summed E-state index contributed by atoms with van der Waals surface area (Å²) >= 11 is 0. The minimum atomic E-state index is -0.699. The van der Waals surface area contributed by atoms with Gasteiger partial charge in [-0.2, -0.15) is 0 Å². The highest BCUT2D eigenvalue weighted by molar-refractivity contribution is 5.81. The fraction of sp³-hybridized carbons (Fsp3) is 0.400. The van der Waals surface area contributed by atoms with Crippen LogP contribution in [0.1, 0.15) is 25.5 Å². The minimum absolute atomic E-state index is 0.157. The normalized spacial score (nSPS) is 12.9. The number of benzene rings is 1. The molecule has 1 rings (SSSR count). The topological polar surface area (TPSA) is 67.8 Å². The number of carbonyl (C=O) groups is 1. The molecule has 108 valence electrons. The minimum Gasteiger partial charge on any atom is -0.493 e. The van der Waals surface area contributed by atoms with Crippen molar-refractivity contribution >= 4 is 5.91 Å². The first-order chi connectivity index (χ1) is 9.49. The smallest absolute Gasteiger partial charge is 0.261 e. The summed E-state index contributed by atoms with van der Waals surface area (Å²) in [6.45, 7) is 3.43. The number of hydrogen-bond acceptors (Lipinski definition) is 4. The third-order valence-corrected chi connectivity index (χ3v) is 2.71. The van der Waals surface area contributed by atoms with Gasteiger partial charge in [-0.25, -0.2) is 0 Å². The van der Waals surface area contributed by atoms with Gasteiger partial charge in [0.05, 0.1) is 19.8 Å². The zero-order chi connectivity index (χ0) is 15.1. The fourth-order valence-corrected chi connectivity index (χ4v) is 1.57. The molecule has 0 spiro atoms. The molecule has 1 aromatic rings. The molecule has 0 aliphatic heterocycles. The lowest BCUT2D eigenvalue weighted by atomic mass is 10.1. The average molecular weight is 277 g/mol. The number of hydrogen-bond donors (Lipinski definition) is 2. The Bertz CT molecular complexity index is 505. The number of rotatable bonds is 6. The van der Waals surface area contributed by atoms with Crippen LogP contribution in [-0.4, -0.2) is 30.8 Å². The van der Waals surface area contributed by atoms with Gasteiger partial charge in [0.15, 0.2) is 17.6 Å². The lowest BCUT2D eigenvalue weighted by Gasteiger charge is -2.17. The predicted molar refractivity (Wildman–Crippen MR) is 75.6 cm³/mol. The number of aliphatic hydroxyl groups excluding tert-OH is 1. The van der Waals surface area contributed by atoms with Gasteiger partial charge in [0.1, 0.15) is 0 Å². The quantitative estimate of drug-likeness (QED) is 0.768. The molecule has 0 aliphatic carbocycles. The molecule has 0 fully saturated rings. The molecule has 1 amide bonds. The van der Waals surface area contributed by atoms with E-state index in [-0.39, 0.29) is 12.5 Å². The molecule has 0 saturated heterocycles. The maximum atomic E-state index is 11.7. The second-order valence-corrected chi connectivity index (χ2v) is 4.27. The average Bonchev–Trinajstić information content (AvgIpc) is 2.44. The monoisotopic (exact) mass is 277 g/mol. The van der Waals surface area contributed by atoms with Crippen molar-refractivity contribution in [3.8, 4) is 23.8 Å². The number of terminal acetylenes is 1. The lowest BCUT2D eigenvalue weighted by molar-refractivity contribution is -0.127. The van der Waals surface area contributed by atoms with Crippen LogP contribution in [0.4, 0.5) is 0 Å². The molecule has 2 atom stereocenters. The molecule has 1 unspecified atom stereocenters. The molecule has 0 aliphatic rings. The van der Waals surface area contributed by atoms with Crippen LogP contribution in [0.25, 0.3) is 0 Å². The van der Waals surface area contributed by atoms with Gasteiger partial charge in [-0.3, -0.25) is 4.79 Å². The first-order valence-electron chi connectivity index (χ1n) is 6.23. The van der Waals surface area contributed by atoms with Crippen LogP contribution < -0.4 is 14.8 Å². The van der Waals surface area contributed by atoms with Gasteiger partial charge in [0.25, 0.3) is 5.91 Å². The summed E-state index contributed by atoms with van der Waals surface area (Å²) < 4.78 is 10.7. The van der Waals surface area contributed by atoms with E-state index in [2.05, 4.69) is 11.2 Å². The molecule has 0 saturated carbocycles. The van der Waals surface area contributed by atoms with Crippen LogP contribution in [0.15, 0.2) is 18.2 Å². The van der Waals surface area contributed by atoms with Gasteiger partial charge < -0.3 is 19.9 Å². The Hall–Kier alpha value is -2.19. The molecule has 5 nitrogen and oxygen atoms in total. The number of aliphatic hydroxyl groups is 1. The van der Waals surface area contributed by atoms with E-state index in [1.807, 2.05) is 0 Å². The Kier molecular flexibility index (Phi) is 5.88. The second-order valence-electron chi connectivity index (χ2n) is 4.27. The summed E-state index contributed by atoms with van der Waals surface area (Å²) in [5.41, 5.74) is 0.707. The Balaban J connectivity index is 2.81. The van der Waals surface area contributed by atoms with Crippen molar-refractivity contribution in [2.45, 2.75) is 26.1 Å². The van der Waals surface area contributed by atoms with Crippen LogP contribution in [0.5, 0.6) is 11.5 Å². The first kappa shape index (κ1) is 15.9. The van der Waals surface area contributed by atoms with Crippen molar-refractivity contribution < 1.29 is 19.4 Å². The highest BCUT2D eigenvalue weighted by Gasteiger charge is 2.17. The van der Waals surface area contributed by atoms with Gasteiger partial charge in [0.2, 0.25) is 0 Å². The van der Waals surface area contributed by atoms with E-state index in [9.17, 15) is 9.90 Å². The van der Waals surface area contributed by atoms with E-state index in [0.717, 1.165) is 0 Å². The van der Waals surface area contributed by atoms with Gasteiger partial charge in [-0.15, -0.1) is 6.42 Å².